The first-order valence-electron chi connectivity index (χ1n) is 6.49. The molecule has 0 radical (unpaired) electrons. The smallest absolute Gasteiger partial charge is 0.238 e. The van der Waals surface area contributed by atoms with E-state index in [1.54, 1.807) is 24.3 Å². The lowest BCUT2D eigenvalue weighted by molar-refractivity contribution is -0.117. The van der Waals surface area contributed by atoms with E-state index in [0.29, 0.717) is 17.8 Å². The number of anilines is 1. The molecule has 1 saturated heterocycles. The highest BCUT2D eigenvalue weighted by molar-refractivity contribution is 5.97. The molecular formula is C14H21Cl2N3O2. The van der Waals surface area contributed by atoms with Gasteiger partial charge in [0.05, 0.1) is 6.54 Å². The summed E-state index contributed by atoms with van der Waals surface area (Å²) < 4.78 is 0. The Morgan fingerprint density at radius 1 is 1.24 bits per heavy atom. The van der Waals surface area contributed by atoms with Crippen molar-refractivity contribution in [2.75, 3.05) is 38.0 Å². The van der Waals surface area contributed by atoms with Gasteiger partial charge in [0.25, 0.3) is 0 Å². The molecule has 0 unspecified atom stereocenters. The standard InChI is InChI=1S/C14H19N3O2.2ClH/c1-11(18)12-3-2-4-13(9-12)16-14(19)10-17-7-5-15-6-8-17;;/h2-4,9,15H,5-8,10H2,1H3,(H,16,19);2*1H. The van der Waals surface area contributed by atoms with Crippen LogP contribution in [-0.2, 0) is 4.79 Å². The largest absolute Gasteiger partial charge is 0.325 e. The maximum Gasteiger partial charge on any atom is 0.238 e. The van der Waals surface area contributed by atoms with Crippen LogP contribution in [0, 0.1) is 0 Å². The molecule has 0 atom stereocenters. The summed E-state index contributed by atoms with van der Waals surface area (Å²) in [6, 6.07) is 7.02. The Balaban J connectivity index is 0.00000200. The molecule has 1 aromatic rings. The van der Waals surface area contributed by atoms with Crippen LogP contribution < -0.4 is 10.6 Å². The summed E-state index contributed by atoms with van der Waals surface area (Å²) in [6.45, 7) is 5.54. The number of Topliss-reactive ketones (excluding diaryl/α,β-unsaturated/α-hetero) is 1. The van der Waals surface area contributed by atoms with Gasteiger partial charge < -0.3 is 10.6 Å². The van der Waals surface area contributed by atoms with Crippen LogP contribution in [0.4, 0.5) is 5.69 Å². The third-order valence-corrected chi connectivity index (χ3v) is 3.13. The molecular weight excluding hydrogens is 313 g/mol. The zero-order valence-electron chi connectivity index (χ0n) is 11.9. The average Bonchev–Trinajstić information content (AvgIpc) is 2.40. The second-order valence-electron chi connectivity index (χ2n) is 4.71. The summed E-state index contributed by atoms with van der Waals surface area (Å²) in [5, 5.41) is 6.08. The Labute approximate surface area is 137 Å². The molecule has 2 N–H and O–H groups in total. The third kappa shape index (κ3) is 6.44. The zero-order chi connectivity index (χ0) is 13.7. The molecule has 1 heterocycles. The normalized spacial score (nSPS) is 14.5. The van der Waals surface area contributed by atoms with Crippen LogP contribution >= 0.6 is 24.8 Å². The van der Waals surface area contributed by atoms with Crippen molar-refractivity contribution in [2.24, 2.45) is 0 Å². The van der Waals surface area contributed by atoms with Crippen molar-refractivity contribution in [1.29, 1.82) is 0 Å². The molecule has 2 rings (SSSR count). The van der Waals surface area contributed by atoms with Crippen molar-refractivity contribution in [1.82, 2.24) is 10.2 Å². The predicted molar refractivity (Wildman–Crippen MR) is 88.9 cm³/mol. The van der Waals surface area contributed by atoms with E-state index in [1.165, 1.54) is 6.92 Å². The predicted octanol–water partition coefficient (Wildman–Crippen LogP) is 1.58. The zero-order valence-corrected chi connectivity index (χ0v) is 13.6. The van der Waals surface area contributed by atoms with Crippen molar-refractivity contribution in [3.05, 3.63) is 29.8 Å². The van der Waals surface area contributed by atoms with Gasteiger partial charge in [0, 0.05) is 37.4 Å². The fraction of sp³-hybridized carbons (Fsp3) is 0.429. The third-order valence-electron chi connectivity index (χ3n) is 3.13. The molecule has 1 aliphatic heterocycles. The fourth-order valence-electron chi connectivity index (χ4n) is 2.09. The van der Waals surface area contributed by atoms with Crippen LogP contribution in [0.15, 0.2) is 24.3 Å². The van der Waals surface area contributed by atoms with Crippen molar-refractivity contribution in [3.8, 4) is 0 Å². The van der Waals surface area contributed by atoms with Crippen LogP contribution in [0.5, 0.6) is 0 Å². The van der Waals surface area contributed by atoms with Gasteiger partial charge in [-0.1, -0.05) is 12.1 Å². The Morgan fingerprint density at radius 3 is 2.52 bits per heavy atom. The highest BCUT2D eigenvalue weighted by Crippen LogP contribution is 2.11. The summed E-state index contributed by atoms with van der Waals surface area (Å²) in [5.74, 6) is -0.0409. The maximum absolute atomic E-state index is 11.9. The molecule has 0 spiro atoms. The molecule has 1 aliphatic rings. The highest BCUT2D eigenvalue weighted by atomic mass is 35.5. The number of halogens is 2. The summed E-state index contributed by atoms with van der Waals surface area (Å²) in [5.41, 5.74) is 1.29. The number of carbonyl (C=O) groups excluding carboxylic acids is 2. The summed E-state index contributed by atoms with van der Waals surface area (Å²) in [7, 11) is 0. The fourth-order valence-corrected chi connectivity index (χ4v) is 2.09. The lowest BCUT2D eigenvalue weighted by atomic mass is 10.1. The molecule has 0 aliphatic carbocycles. The van der Waals surface area contributed by atoms with E-state index in [4.69, 9.17) is 0 Å². The van der Waals surface area contributed by atoms with Gasteiger partial charge in [0.15, 0.2) is 5.78 Å². The minimum Gasteiger partial charge on any atom is -0.325 e. The van der Waals surface area contributed by atoms with Crippen LogP contribution in [0.3, 0.4) is 0 Å². The number of piperazine rings is 1. The maximum atomic E-state index is 11.9. The molecule has 1 amide bonds. The van der Waals surface area contributed by atoms with Crippen molar-refractivity contribution in [2.45, 2.75) is 6.92 Å². The van der Waals surface area contributed by atoms with Crippen LogP contribution in [0.2, 0.25) is 0 Å². The summed E-state index contributed by atoms with van der Waals surface area (Å²) >= 11 is 0. The SMILES string of the molecule is CC(=O)c1cccc(NC(=O)CN2CCNCC2)c1.Cl.Cl. The van der Waals surface area contributed by atoms with Gasteiger partial charge in [-0.05, 0) is 19.1 Å². The molecule has 5 nitrogen and oxygen atoms in total. The Kier molecular flexibility index (Phi) is 9.21. The minimum atomic E-state index is -0.0393. The first-order valence-corrected chi connectivity index (χ1v) is 6.49. The van der Waals surface area contributed by atoms with E-state index < -0.39 is 0 Å². The Bertz CT molecular complexity index is 477. The van der Waals surface area contributed by atoms with E-state index in [-0.39, 0.29) is 36.5 Å². The number of nitrogens with one attached hydrogen (secondary N) is 2. The monoisotopic (exact) mass is 333 g/mol. The van der Waals surface area contributed by atoms with Crippen LogP contribution in [0.1, 0.15) is 17.3 Å². The van der Waals surface area contributed by atoms with Gasteiger partial charge in [-0.15, -0.1) is 24.8 Å². The number of carbonyl (C=O) groups is 2. The lowest BCUT2D eigenvalue weighted by Gasteiger charge is -2.26. The lowest BCUT2D eigenvalue weighted by Crippen LogP contribution is -2.46. The van der Waals surface area contributed by atoms with Crippen LogP contribution in [-0.4, -0.2) is 49.3 Å². The van der Waals surface area contributed by atoms with E-state index in [0.717, 1.165) is 26.2 Å². The second kappa shape index (κ2) is 9.73. The first kappa shape index (κ1) is 19.9. The van der Waals surface area contributed by atoms with Crippen LogP contribution in [0.25, 0.3) is 0 Å². The van der Waals surface area contributed by atoms with Gasteiger partial charge in [-0.25, -0.2) is 0 Å². The van der Waals surface area contributed by atoms with E-state index in [9.17, 15) is 9.59 Å². The van der Waals surface area contributed by atoms with Gasteiger partial charge in [0.1, 0.15) is 0 Å². The quantitative estimate of drug-likeness (QED) is 0.821. The number of rotatable bonds is 4. The molecule has 0 aromatic heterocycles. The van der Waals surface area contributed by atoms with Crippen molar-refractivity contribution < 1.29 is 9.59 Å². The average molecular weight is 334 g/mol. The Morgan fingerprint density at radius 2 is 1.90 bits per heavy atom. The summed E-state index contributed by atoms with van der Waals surface area (Å²) in [4.78, 5) is 25.3. The molecule has 1 aromatic carbocycles. The van der Waals surface area contributed by atoms with Crippen molar-refractivity contribution in [3.63, 3.8) is 0 Å². The Hall–Kier alpha value is -1.14. The van der Waals surface area contributed by atoms with Crippen molar-refractivity contribution >= 4 is 42.2 Å². The minimum absolute atomic E-state index is 0. The molecule has 118 valence electrons. The second-order valence-corrected chi connectivity index (χ2v) is 4.71. The van der Waals surface area contributed by atoms with Gasteiger partial charge >= 0.3 is 0 Å². The van der Waals surface area contributed by atoms with E-state index >= 15 is 0 Å². The van der Waals surface area contributed by atoms with Gasteiger partial charge in [-0.2, -0.15) is 0 Å². The first-order chi connectivity index (χ1) is 9.15. The van der Waals surface area contributed by atoms with Gasteiger partial charge in [-0.3, -0.25) is 14.5 Å². The number of amides is 1. The number of hydrogen-bond acceptors (Lipinski definition) is 4. The number of nitrogens with zero attached hydrogens (tertiary/aromatic N) is 1. The topological polar surface area (TPSA) is 61.4 Å². The molecule has 0 saturated carbocycles. The molecule has 0 bridgehead atoms. The number of ketones is 1. The highest BCUT2D eigenvalue weighted by Gasteiger charge is 2.13. The number of benzene rings is 1. The molecule has 1 fully saturated rings. The number of hydrogen-bond donors (Lipinski definition) is 2. The molecule has 7 heteroatoms. The summed E-state index contributed by atoms with van der Waals surface area (Å²) in [6.07, 6.45) is 0. The van der Waals surface area contributed by atoms with Gasteiger partial charge in [0.2, 0.25) is 5.91 Å². The molecule has 21 heavy (non-hydrogen) atoms. The van der Waals surface area contributed by atoms with E-state index in [1.807, 2.05) is 0 Å². The van der Waals surface area contributed by atoms with E-state index in [2.05, 4.69) is 15.5 Å².